The van der Waals surface area contributed by atoms with Gasteiger partial charge in [0.05, 0.1) is 0 Å². The SMILES string of the molecule is CCOC(OCC)n1ccnc1C(=O)O. The summed E-state index contributed by atoms with van der Waals surface area (Å²) in [5.74, 6) is -1.20. The van der Waals surface area contributed by atoms with Crippen molar-refractivity contribution in [3.05, 3.63) is 18.2 Å². The van der Waals surface area contributed by atoms with Crippen LogP contribution in [0, 0.1) is 0 Å². The van der Waals surface area contributed by atoms with E-state index in [1.165, 1.54) is 17.0 Å². The lowest BCUT2D eigenvalue weighted by Gasteiger charge is -2.18. The van der Waals surface area contributed by atoms with Gasteiger partial charge in [-0.1, -0.05) is 0 Å². The molecule has 0 fully saturated rings. The second kappa shape index (κ2) is 5.47. The lowest BCUT2D eigenvalue weighted by Crippen LogP contribution is -2.20. The minimum absolute atomic E-state index is 0.0955. The number of rotatable bonds is 6. The van der Waals surface area contributed by atoms with Gasteiger partial charge in [0.15, 0.2) is 0 Å². The molecule has 0 spiro atoms. The number of carboxylic acid groups (broad SMARTS) is 1. The highest BCUT2D eigenvalue weighted by Crippen LogP contribution is 2.13. The summed E-state index contributed by atoms with van der Waals surface area (Å²) in [6.45, 7) is 4.48. The van der Waals surface area contributed by atoms with Gasteiger partial charge in [-0.25, -0.2) is 9.78 Å². The van der Waals surface area contributed by atoms with E-state index < -0.39 is 12.4 Å². The maximum absolute atomic E-state index is 10.8. The van der Waals surface area contributed by atoms with Gasteiger partial charge >= 0.3 is 5.97 Å². The summed E-state index contributed by atoms with van der Waals surface area (Å²) in [4.78, 5) is 14.5. The molecule has 15 heavy (non-hydrogen) atoms. The van der Waals surface area contributed by atoms with Gasteiger partial charge in [0.2, 0.25) is 12.2 Å². The highest BCUT2D eigenvalue weighted by Gasteiger charge is 2.18. The van der Waals surface area contributed by atoms with E-state index in [1.54, 1.807) is 0 Å². The second-order valence-corrected chi connectivity index (χ2v) is 2.68. The fraction of sp³-hybridized carbons (Fsp3) is 0.556. The van der Waals surface area contributed by atoms with Crippen molar-refractivity contribution in [3.63, 3.8) is 0 Å². The number of nitrogens with zero attached hydrogens (tertiary/aromatic N) is 2. The van der Waals surface area contributed by atoms with Gasteiger partial charge in [-0.15, -0.1) is 0 Å². The van der Waals surface area contributed by atoms with Gasteiger partial charge in [-0.3, -0.25) is 4.57 Å². The molecule has 0 radical (unpaired) electrons. The van der Waals surface area contributed by atoms with Gasteiger partial charge in [0.1, 0.15) is 0 Å². The Morgan fingerprint density at radius 3 is 2.60 bits per heavy atom. The van der Waals surface area contributed by atoms with Crippen molar-refractivity contribution >= 4 is 5.97 Å². The van der Waals surface area contributed by atoms with E-state index in [0.717, 1.165) is 0 Å². The van der Waals surface area contributed by atoms with E-state index in [2.05, 4.69) is 4.98 Å². The molecule has 1 rings (SSSR count). The van der Waals surface area contributed by atoms with Crippen molar-refractivity contribution in [1.82, 2.24) is 9.55 Å². The largest absolute Gasteiger partial charge is 0.475 e. The molecule has 0 aliphatic rings. The number of hydrogen-bond acceptors (Lipinski definition) is 4. The summed E-state index contributed by atoms with van der Waals surface area (Å²) in [6, 6.07) is 0. The van der Waals surface area contributed by atoms with E-state index in [9.17, 15) is 4.79 Å². The first-order valence-electron chi connectivity index (χ1n) is 4.70. The first-order chi connectivity index (χ1) is 7.20. The number of carboxylic acids is 1. The number of imidazole rings is 1. The van der Waals surface area contributed by atoms with Crippen molar-refractivity contribution in [3.8, 4) is 0 Å². The van der Waals surface area contributed by atoms with Crippen LogP contribution in [0.15, 0.2) is 12.4 Å². The zero-order valence-electron chi connectivity index (χ0n) is 8.71. The Labute approximate surface area is 87.4 Å². The first-order valence-corrected chi connectivity index (χ1v) is 4.70. The summed E-state index contributed by atoms with van der Waals surface area (Å²) >= 11 is 0. The monoisotopic (exact) mass is 214 g/mol. The molecule has 0 aromatic carbocycles. The predicted octanol–water partition coefficient (Wildman–Crippen LogP) is 1.11. The van der Waals surface area contributed by atoms with E-state index in [0.29, 0.717) is 13.2 Å². The van der Waals surface area contributed by atoms with Crippen LogP contribution in [0.2, 0.25) is 0 Å². The first kappa shape index (κ1) is 11.7. The normalized spacial score (nSPS) is 10.9. The molecule has 0 saturated heterocycles. The third kappa shape index (κ3) is 2.77. The maximum atomic E-state index is 10.8. The van der Waals surface area contributed by atoms with Crippen LogP contribution >= 0.6 is 0 Å². The molecule has 0 amide bonds. The molecule has 1 N–H and O–H groups in total. The minimum Gasteiger partial charge on any atom is -0.475 e. The minimum atomic E-state index is -1.11. The van der Waals surface area contributed by atoms with E-state index in [-0.39, 0.29) is 5.82 Å². The average Bonchev–Trinajstić information content (AvgIpc) is 2.65. The number of hydrogen-bond donors (Lipinski definition) is 1. The lowest BCUT2D eigenvalue weighted by atomic mass is 10.6. The zero-order valence-corrected chi connectivity index (χ0v) is 8.71. The molecule has 1 aromatic rings. The van der Waals surface area contributed by atoms with Crippen molar-refractivity contribution in [2.24, 2.45) is 0 Å². The van der Waals surface area contributed by atoms with Gasteiger partial charge in [-0.05, 0) is 13.8 Å². The van der Waals surface area contributed by atoms with Crippen LogP contribution in [-0.2, 0) is 9.47 Å². The van der Waals surface area contributed by atoms with E-state index >= 15 is 0 Å². The van der Waals surface area contributed by atoms with Crippen molar-refractivity contribution in [2.45, 2.75) is 20.3 Å². The fourth-order valence-corrected chi connectivity index (χ4v) is 1.14. The van der Waals surface area contributed by atoms with E-state index in [4.69, 9.17) is 14.6 Å². The lowest BCUT2D eigenvalue weighted by molar-refractivity contribution is -0.186. The standard InChI is InChI=1S/C9H14N2O4/c1-3-14-9(15-4-2)11-6-5-10-7(11)8(12)13/h5-6,9H,3-4H2,1-2H3,(H,12,13). The van der Waals surface area contributed by atoms with Crippen LogP contribution in [0.4, 0.5) is 0 Å². The van der Waals surface area contributed by atoms with Crippen LogP contribution in [0.1, 0.15) is 30.9 Å². The van der Waals surface area contributed by atoms with Crippen molar-refractivity contribution in [2.75, 3.05) is 13.2 Å². The van der Waals surface area contributed by atoms with Crippen LogP contribution in [0.25, 0.3) is 0 Å². The molecule has 6 nitrogen and oxygen atoms in total. The van der Waals surface area contributed by atoms with Gasteiger partial charge < -0.3 is 14.6 Å². The van der Waals surface area contributed by atoms with Gasteiger partial charge in [-0.2, -0.15) is 0 Å². The Morgan fingerprint density at radius 2 is 2.13 bits per heavy atom. The quantitative estimate of drug-likeness (QED) is 0.718. The van der Waals surface area contributed by atoms with Crippen LogP contribution in [0.5, 0.6) is 0 Å². The summed E-state index contributed by atoms with van der Waals surface area (Å²) in [7, 11) is 0. The molecule has 1 aromatic heterocycles. The summed E-state index contributed by atoms with van der Waals surface area (Å²) in [5, 5.41) is 8.85. The molecular formula is C9H14N2O4. The molecule has 0 atom stereocenters. The Balaban J connectivity index is 2.89. The second-order valence-electron chi connectivity index (χ2n) is 2.68. The maximum Gasteiger partial charge on any atom is 0.372 e. The Bertz CT molecular complexity index is 318. The summed E-state index contributed by atoms with van der Waals surface area (Å²) in [5.41, 5.74) is 0. The van der Waals surface area contributed by atoms with Crippen molar-refractivity contribution < 1.29 is 19.4 Å². The van der Waals surface area contributed by atoms with Gasteiger partial charge in [0.25, 0.3) is 0 Å². The van der Waals surface area contributed by atoms with Gasteiger partial charge in [0, 0.05) is 25.6 Å². The topological polar surface area (TPSA) is 73.6 Å². The van der Waals surface area contributed by atoms with Crippen LogP contribution < -0.4 is 0 Å². The fourth-order valence-electron chi connectivity index (χ4n) is 1.14. The number of ether oxygens (including phenoxy) is 2. The zero-order chi connectivity index (χ0) is 11.3. The van der Waals surface area contributed by atoms with Crippen molar-refractivity contribution in [1.29, 1.82) is 0 Å². The Hall–Kier alpha value is -1.40. The number of carbonyl (C=O) groups is 1. The molecule has 0 aliphatic carbocycles. The van der Waals surface area contributed by atoms with Crippen LogP contribution in [-0.4, -0.2) is 33.8 Å². The number of aromatic carboxylic acids is 1. The predicted molar refractivity (Wildman–Crippen MR) is 51.5 cm³/mol. The summed E-state index contributed by atoms with van der Waals surface area (Å²) in [6.07, 6.45) is 2.18. The number of aromatic nitrogens is 2. The Morgan fingerprint density at radius 1 is 1.53 bits per heavy atom. The molecule has 84 valence electrons. The smallest absolute Gasteiger partial charge is 0.372 e. The summed E-state index contributed by atoms with van der Waals surface area (Å²) < 4.78 is 11.9. The highest BCUT2D eigenvalue weighted by atomic mass is 16.7. The third-order valence-electron chi connectivity index (χ3n) is 1.71. The van der Waals surface area contributed by atoms with E-state index in [1.807, 2.05) is 13.8 Å². The molecular weight excluding hydrogens is 200 g/mol. The molecule has 0 unspecified atom stereocenters. The molecule has 6 heteroatoms. The van der Waals surface area contributed by atoms with Crippen LogP contribution in [0.3, 0.4) is 0 Å². The molecule has 0 bridgehead atoms. The Kier molecular flexibility index (Phi) is 4.26. The molecule has 0 saturated carbocycles. The average molecular weight is 214 g/mol. The highest BCUT2D eigenvalue weighted by molar-refractivity contribution is 5.83. The third-order valence-corrected chi connectivity index (χ3v) is 1.71. The molecule has 1 heterocycles. The molecule has 0 aliphatic heterocycles.